The monoisotopic (exact) mass is 290 g/mol. The summed E-state index contributed by atoms with van der Waals surface area (Å²) in [4.78, 5) is 0. The molecule has 2 fully saturated rings. The lowest BCUT2D eigenvalue weighted by Crippen LogP contribution is -2.40. The minimum absolute atomic E-state index is 0.149. The summed E-state index contributed by atoms with van der Waals surface area (Å²) in [6, 6.07) is 0. The Morgan fingerprint density at radius 2 is 1.76 bits per heavy atom. The van der Waals surface area contributed by atoms with Gasteiger partial charge in [-0.3, -0.25) is 0 Å². The fourth-order valence-corrected chi connectivity index (χ4v) is 4.51. The van der Waals surface area contributed by atoms with Crippen molar-refractivity contribution in [3.8, 4) is 0 Å². The average molecular weight is 290 g/mol. The number of allylic oxidation sites excluding steroid dienone is 4. The lowest BCUT2D eigenvalue weighted by molar-refractivity contribution is 0.00470. The van der Waals surface area contributed by atoms with E-state index < -0.39 is 0 Å². The fraction of sp³-hybridized carbons (Fsp3) is 0.800. The van der Waals surface area contributed by atoms with Gasteiger partial charge in [0.15, 0.2) is 0 Å². The van der Waals surface area contributed by atoms with Gasteiger partial charge in [-0.15, -0.1) is 0 Å². The Morgan fingerprint density at radius 1 is 1.10 bits per heavy atom. The molecular weight excluding hydrogens is 256 g/mol. The van der Waals surface area contributed by atoms with Crippen LogP contribution in [0.1, 0.15) is 80.1 Å². The Kier molecular flexibility index (Phi) is 5.03. The molecule has 0 aliphatic carbocycles. The minimum atomic E-state index is 0.149. The van der Waals surface area contributed by atoms with Gasteiger partial charge in [-0.1, -0.05) is 37.1 Å². The highest BCUT2D eigenvalue weighted by Crippen LogP contribution is 2.59. The molecule has 2 aliphatic rings. The van der Waals surface area contributed by atoms with Gasteiger partial charge < -0.3 is 4.74 Å². The van der Waals surface area contributed by atoms with E-state index in [4.69, 9.17) is 4.74 Å². The molecule has 1 nitrogen and oxygen atoms in total. The highest BCUT2D eigenvalue weighted by molar-refractivity contribution is 5.10. The molecule has 0 spiro atoms. The molecule has 0 amide bonds. The van der Waals surface area contributed by atoms with Crippen LogP contribution in [0.5, 0.6) is 0 Å². The SMILES string of the molecule is CC(C)=CCC/C=C(\C)CC[C@H]1C(C)(C)[C@@H]2CC[C@@]1(C)O2. The van der Waals surface area contributed by atoms with Crippen LogP contribution in [0.2, 0.25) is 0 Å². The molecule has 1 heteroatoms. The molecule has 2 heterocycles. The standard InChI is InChI=1S/C20H34O/c1-15(2)9-7-8-10-16(3)11-12-17-19(4,5)18-13-14-20(17,6)21-18/h9-10,17-18H,7-8,11-14H2,1-6H3/b16-10+/t17-,18-,20+/m0/s1. The average Bonchev–Trinajstić information content (AvgIpc) is 2.85. The second-order valence-electron chi connectivity index (χ2n) is 8.28. The van der Waals surface area contributed by atoms with E-state index in [0.29, 0.717) is 17.4 Å². The summed E-state index contributed by atoms with van der Waals surface area (Å²) in [6.07, 6.45) is 12.7. The molecule has 0 N–H and O–H groups in total. The van der Waals surface area contributed by atoms with E-state index in [2.05, 4.69) is 53.7 Å². The quantitative estimate of drug-likeness (QED) is 0.427. The molecule has 2 rings (SSSR count). The van der Waals surface area contributed by atoms with Crippen molar-refractivity contribution >= 4 is 0 Å². The molecule has 120 valence electrons. The molecule has 0 aromatic heterocycles. The zero-order valence-corrected chi connectivity index (χ0v) is 15.0. The second-order valence-corrected chi connectivity index (χ2v) is 8.28. The number of hydrogen-bond donors (Lipinski definition) is 0. The van der Waals surface area contributed by atoms with Crippen LogP contribution in [0.15, 0.2) is 23.3 Å². The molecule has 2 saturated heterocycles. The normalized spacial score (nSPS) is 34.3. The van der Waals surface area contributed by atoms with E-state index >= 15 is 0 Å². The van der Waals surface area contributed by atoms with Crippen LogP contribution in [0.4, 0.5) is 0 Å². The summed E-state index contributed by atoms with van der Waals surface area (Å²) in [5.41, 5.74) is 3.49. The van der Waals surface area contributed by atoms with Crippen LogP contribution in [-0.2, 0) is 4.74 Å². The van der Waals surface area contributed by atoms with Crippen molar-refractivity contribution < 1.29 is 4.74 Å². The van der Waals surface area contributed by atoms with E-state index in [9.17, 15) is 0 Å². The Morgan fingerprint density at radius 3 is 2.33 bits per heavy atom. The summed E-state index contributed by atoms with van der Waals surface area (Å²) in [6.45, 7) is 13.8. The predicted molar refractivity (Wildman–Crippen MR) is 91.4 cm³/mol. The summed E-state index contributed by atoms with van der Waals surface area (Å²) >= 11 is 0. The van der Waals surface area contributed by atoms with Crippen molar-refractivity contribution in [1.29, 1.82) is 0 Å². The van der Waals surface area contributed by atoms with Crippen LogP contribution < -0.4 is 0 Å². The smallest absolute Gasteiger partial charge is 0.0693 e. The molecule has 2 bridgehead atoms. The number of ether oxygens (including phenoxy) is 1. The minimum Gasteiger partial charge on any atom is -0.371 e. The van der Waals surface area contributed by atoms with E-state index in [-0.39, 0.29) is 5.60 Å². The first-order valence-corrected chi connectivity index (χ1v) is 8.72. The molecule has 3 atom stereocenters. The zero-order chi connectivity index (χ0) is 15.7. The van der Waals surface area contributed by atoms with Gasteiger partial charge in [0.1, 0.15) is 0 Å². The number of hydrogen-bond acceptors (Lipinski definition) is 1. The second kappa shape index (κ2) is 6.28. The van der Waals surface area contributed by atoms with Crippen LogP contribution in [0.3, 0.4) is 0 Å². The maximum atomic E-state index is 6.32. The molecular formula is C20H34O. The molecule has 0 aromatic rings. The van der Waals surface area contributed by atoms with Crippen LogP contribution in [-0.4, -0.2) is 11.7 Å². The first-order chi connectivity index (χ1) is 9.75. The third-order valence-corrected chi connectivity index (χ3v) is 5.82. The van der Waals surface area contributed by atoms with Crippen LogP contribution in [0.25, 0.3) is 0 Å². The number of rotatable bonds is 6. The van der Waals surface area contributed by atoms with Crippen LogP contribution >= 0.6 is 0 Å². The lowest BCUT2D eigenvalue weighted by atomic mass is 9.62. The van der Waals surface area contributed by atoms with Crippen LogP contribution in [0, 0.1) is 11.3 Å². The van der Waals surface area contributed by atoms with Crippen molar-refractivity contribution in [1.82, 2.24) is 0 Å². The molecule has 21 heavy (non-hydrogen) atoms. The molecule has 0 saturated carbocycles. The Labute approximate surface area is 131 Å². The Balaban J connectivity index is 1.85. The maximum absolute atomic E-state index is 6.32. The first kappa shape index (κ1) is 16.8. The van der Waals surface area contributed by atoms with E-state index in [1.54, 1.807) is 5.57 Å². The van der Waals surface area contributed by atoms with Crippen molar-refractivity contribution in [2.24, 2.45) is 11.3 Å². The van der Waals surface area contributed by atoms with Crippen molar-refractivity contribution in [3.05, 3.63) is 23.3 Å². The topological polar surface area (TPSA) is 9.23 Å². The first-order valence-electron chi connectivity index (χ1n) is 8.72. The molecule has 0 radical (unpaired) electrons. The van der Waals surface area contributed by atoms with Crippen molar-refractivity contribution in [2.75, 3.05) is 0 Å². The largest absolute Gasteiger partial charge is 0.371 e. The summed E-state index contributed by atoms with van der Waals surface area (Å²) < 4.78 is 6.32. The van der Waals surface area contributed by atoms with E-state index in [1.807, 2.05) is 0 Å². The fourth-order valence-electron chi connectivity index (χ4n) is 4.51. The predicted octanol–water partition coefficient (Wildman–Crippen LogP) is 6.05. The maximum Gasteiger partial charge on any atom is 0.0693 e. The van der Waals surface area contributed by atoms with Gasteiger partial charge in [0.05, 0.1) is 11.7 Å². The molecule has 0 unspecified atom stereocenters. The van der Waals surface area contributed by atoms with Gasteiger partial charge in [0.25, 0.3) is 0 Å². The van der Waals surface area contributed by atoms with Gasteiger partial charge in [-0.05, 0) is 77.6 Å². The van der Waals surface area contributed by atoms with Crippen molar-refractivity contribution in [3.63, 3.8) is 0 Å². The Hall–Kier alpha value is -0.560. The summed E-state index contributed by atoms with van der Waals surface area (Å²) in [7, 11) is 0. The van der Waals surface area contributed by atoms with Gasteiger partial charge in [0.2, 0.25) is 0 Å². The van der Waals surface area contributed by atoms with Gasteiger partial charge in [-0.2, -0.15) is 0 Å². The van der Waals surface area contributed by atoms with Gasteiger partial charge in [-0.25, -0.2) is 0 Å². The lowest BCUT2D eigenvalue weighted by Gasteiger charge is -2.39. The zero-order valence-electron chi connectivity index (χ0n) is 15.0. The van der Waals surface area contributed by atoms with Crippen molar-refractivity contribution in [2.45, 2.75) is 91.8 Å². The van der Waals surface area contributed by atoms with Gasteiger partial charge in [0, 0.05) is 0 Å². The Bertz CT molecular complexity index is 420. The molecule has 0 aromatic carbocycles. The summed E-state index contributed by atoms with van der Waals surface area (Å²) in [5, 5.41) is 0. The number of fused-ring (bicyclic) bond motifs is 2. The van der Waals surface area contributed by atoms with Gasteiger partial charge >= 0.3 is 0 Å². The van der Waals surface area contributed by atoms with E-state index in [1.165, 1.54) is 44.1 Å². The molecule has 2 aliphatic heterocycles. The third-order valence-electron chi connectivity index (χ3n) is 5.82. The number of unbranched alkanes of at least 4 members (excludes halogenated alkanes) is 1. The highest BCUT2D eigenvalue weighted by atomic mass is 16.5. The summed E-state index contributed by atoms with van der Waals surface area (Å²) in [5.74, 6) is 0.713. The van der Waals surface area contributed by atoms with E-state index in [0.717, 1.165) is 0 Å². The third kappa shape index (κ3) is 3.62. The highest BCUT2D eigenvalue weighted by Gasteiger charge is 2.60.